The van der Waals surface area contributed by atoms with E-state index in [4.69, 9.17) is 0 Å². The molecule has 0 spiro atoms. The Balaban J connectivity index is 1.75. The van der Waals surface area contributed by atoms with Crippen molar-refractivity contribution >= 4 is 10.9 Å². The maximum absolute atomic E-state index is 4.13. The standard InChI is InChI=1S/C19H17N3/c1-2-6-16(7-3-1)12-22-14-17(13-21-11-10-20-15-21)18-8-4-5-9-19(18)22/h1-11,14-15H,12-13H2. The average Bonchev–Trinajstić information content (AvgIpc) is 3.18. The summed E-state index contributed by atoms with van der Waals surface area (Å²) in [6, 6.07) is 19.2. The lowest BCUT2D eigenvalue weighted by Crippen LogP contribution is -1.98. The van der Waals surface area contributed by atoms with Gasteiger partial charge in [0, 0.05) is 36.0 Å². The van der Waals surface area contributed by atoms with Crippen molar-refractivity contribution in [3.05, 3.63) is 90.6 Å². The summed E-state index contributed by atoms with van der Waals surface area (Å²) < 4.78 is 4.44. The van der Waals surface area contributed by atoms with E-state index in [2.05, 4.69) is 74.9 Å². The van der Waals surface area contributed by atoms with Crippen molar-refractivity contribution in [2.45, 2.75) is 13.1 Å². The molecule has 3 nitrogen and oxygen atoms in total. The molecule has 0 aliphatic carbocycles. The van der Waals surface area contributed by atoms with Crippen molar-refractivity contribution in [1.82, 2.24) is 14.1 Å². The summed E-state index contributed by atoms with van der Waals surface area (Å²) in [4.78, 5) is 4.13. The van der Waals surface area contributed by atoms with Crippen molar-refractivity contribution in [2.75, 3.05) is 0 Å². The molecule has 108 valence electrons. The monoisotopic (exact) mass is 287 g/mol. The van der Waals surface area contributed by atoms with Gasteiger partial charge in [0.15, 0.2) is 0 Å². The van der Waals surface area contributed by atoms with Gasteiger partial charge in [-0.05, 0) is 17.2 Å². The fourth-order valence-electron chi connectivity index (χ4n) is 2.94. The van der Waals surface area contributed by atoms with Crippen molar-refractivity contribution < 1.29 is 0 Å². The molecule has 0 aliphatic rings. The summed E-state index contributed by atoms with van der Waals surface area (Å²) in [5, 5.41) is 1.31. The molecule has 0 saturated heterocycles. The van der Waals surface area contributed by atoms with E-state index in [1.54, 1.807) is 0 Å². The predicted octanol–water partition coefficient (Wildman–Crippen LogP) is 3.93. The van der Waals surface area contributed by atoms with Gasteiger partial charge >= 0.3 is 0 Å². The van der Waals surface area contributed by atoms with E-state index >= 15 is 0 Å². The Labute approximate surface area is 129 Å². The van der Waals surface area contributed by atoms with E-state index in [0.29, 0.717) is 0 Å². The zero-order valence-corrected chi connectivity index (χ0v) is 12.3. The Hall–Kier alpha value is -2.81. The van der Waals surface area contributed by atoms with Crippen LogP contribution in [0, 0.1) is 0 Å². The minimum absolute atomic E-state index is 0.850. The first kappa shape index (κ1) is 12.9. The Morgan fingerprint density at radius 2 is 1.68 bits per heavy atom. The van der Waals surface area contributed by atoms with Crippen LogP contribution in [0.1, 0.15) is 11.1 Å². The van der Waals surface area contributed by atoms with Crippen LogP contribution in [-0.2, 0) is 13.1 Å². The maximum Gasteiger partial charge on any atom is 0.0949 e. The second kappa shape index (κ2) is 5.53. The van der Waals surface area contributed by atoms with Gasteiger partial charge in [0.25, 0.3) is 0 Å². The quantitative estimate of drug-likeness (QED) is 0.557. The lowest BCUT2D eigenvalue weighted by Gasteiger charge is -2.05. The molecule has 0 bridgehead atoms. The van der Waals surface area contributed by atoms with Gasteiger partial charge in [-0.2, -0.15) is 0 Å². The minimum Gasteiger partial charge on any atom is -0.343 e. The van der Waals surface area contributed by atoms with Crippen LogP contribution in [0.4, 0.5) is 0 Å². The molecular weight excluding hydrogens is 270 g/mol. The molecule has 0 atom stereocenters. The topological polar surface area (TPSA) is 22.8 Å². The Kier molecular flexibility index (Phi) is 3.24. The molecule has 2 heterocycles. The van der Waals surface area contributed by atoms with Crippen LogP contribution in [0.5, 0.6) is 0 Å². The first-order valence-electron chi connectivity index (χ1n) is 7.46. The van der Waals surface area contributed by atoms with Crippen LogP contribution in [0.15, 0.2) is 79.5 Å². The molecule has 0 saturated carbocycles. The van der Waals surface area contributed by atoms with Crippen LogP contribution in [0.25, 0.3) is 10.9 Å². The lowest BCUT2D eigenvalue weighted by molar-refractivity contribution is 0.783. The highest BCUT2D eigenvalue weighted by atomic mass is 15.0. The summed E-state index contributed by atoms with van der Waals surface area (Å²) in [7, 11) is 0. The SMILES string of the molecule is c1ccc(Cn2cc(Cn3ccnc3)c3ccccc32)cc1. The molecule has 2 aromatic heterocycles. The number of para-hydroxylation sites is 1. The van der Waals surface area contributed by atoms with Gasteiger partial charge in [0.1, 0.15) is 0 Å². The van der Waals surface area contributed by atoms with Gasteiger partial charge in [-0.25, -0.2) is 4.98 Å². The van der Waals surface area contributed by atoms with Gasteiger partial charge in [0.05, 0.1) is 12.9 Å². The van der Waals surface area contributed by atoms with Crippen molar-refractivity contribution in [3.8, 4) is 0 Å². The Morgan fingerprint density at radius 1 is 0.864 bits per heavy atom. The molecule has 0 amide bonds. The summed E-state index contributed by atoms with van der Waals surface area (Å²) >= 11 is 0. The van der Waals surface area contributed by atoms with Crippen molar-refractivity contribution in [3.63, 3.8) is 0 Å². The van der Waals surface area contributed by atoms with Crippen LogP contribution < -0.4 is 0 Å². The average molecular weight is 287 g/mol. The van der Waals surface area contributed by atoms with E-state index in [0.717, 1.165) is 13.1 Å². The third kappa shape index (κ3) is 2.42. The van der Waals surface area contributed by atoms with Gasteiger partial charge < -0.3 is 9.13 Å². The van der Waals surface area contributed by atoms with E-state index < -0.39 is 0 Å². The first-order chi connectivity index (χ1) is 10.9. The Morgan fingerprint density at radius 3 is 2.50 bits per heavy atom. The van der Waals surface area contributed by atoms with E-state index in [-0.39, 0.29) is 0 Å². The van der Waals surface area contributed by atoms with Gasteiger partial charge in [-0.3, -0.25) is 0 Å². The zero-order valence-electron chi connectivity index (χ0n) is 12.3. The number of aromatic nitrogens is 3. The molecule has 4 aromatic rings. The number of imidazole rings is 1. The summed E-state index contributed by atoms with van der Waals surface area (Å²) in [5.41, 5.74) is 3.92. The summed E-state index contributed by atoms with van der Waals surface area (Å²) in [5.74, 6) is 0. The molecule has 4 rings (SSSR count). The van der Waals surface area contributed by atoms with Gasteiger partial charge in [0.2, 0.25) is 0 Å². The maximum atomic E-state index is 4.13. The number of hydrogen-bond donors (Lipinski definition) is 0. The molecule has 0 N–H and O–H groups in total. The third-order valence-corrected chi connectivity index (χ3v) is 3.98. The first-order valence-corrected chi connectivity index (χ1v) is 7.46. The Bertz CT molecular complexity index is 874. The fraction of sp³-hybridized carbons (Fsp3) is 0.105. The van der Waals surface area contributed by atoms with Crippen LogP contribution in [0.2, 0.25) is 0 Å². The highest BCUT2D eigenvalue weighted by Crippen LogP contribution is 2.23. The lowest BCUT2D eigenvalue weighted by atomic mass is 10.2. The smallest absolute Gasteiger partial charge is 0.0949 e. The number of hydrogen-bond acceptors (Lipinski definition) is 1. The molecule has 0 fully saturated rings. The second-order valence-electron chi connectivity index (χ2n) is 5.52. The van der Waals surface area contributed by atoms with E-state index in [9.17, 15) is 0 Å². The molecule has 0 radical (unpaired) electrons. The normalized spacial score (nSPS) is 11.1. The molecular formula is C19H17N3. The largest absolute Gasteiger partial charge is 0.343 e. The third-order valence-electron chi connectivity index (χ3n) is 3.98. The van der Waals surface area contributed by atoms with Gasteiger partial charge in [-0.1, -0.05) is 48.5 Å². The molecule has 3 heteroatoms. The minimum atomic E-state index is 0.850. The molecule has 0 unspecified atom stereocenters. The van der Waals surface area contributed by atoms with Crippen molar-refractivity contribution in [2.24, 2.45) is 0 Å². The summed E-state index contributed by atoms with van der Waals surface area (Å²) in [6.45, 7) is 1.74. The highest BCUT2D eigenvalue weighted by molar-refractivity contribution is 5.84. The second-order valence-corrected chi connectivity index (χ2v) is 5.52. The van der Waals surface area contributed by atoms with Gasteiger partial charge in [-0.15, -0.1) is 0 Å². The molecule has 2 aromatic carbocycles. The molecule has 0 aliphatic heterocycles. The highest BCUT2D eigenvalue weighted by Gasteiger charge is 2.08. The van der Waals surface area contributed by atoms with E-state index in [1.807, 2.05) is 18.7 Å². The predicted molar refractivity (Wildman–Crippen MR) is 88.8 cm³/mol. The fourth-order valence-corrected chi connectivity index (χ4v) is 2.94. The van der Waals surface area contributed by atoms with Crippen molar-refractivity contribution in [1.29, 1.82) is 0 Å². The van der Waals surface area contributed by atoms with Crippen LogP contribution in [0.3, 0.4) is 0 Å². The van der Waals surface area contributed by atoms with Crippen LogP contribution in [-0.4, -0.2) is 14.1 Å². The number of benzene rings is 2. The number of nitrogens with zero attached hydrogens (tertiary/aromatic N) is 3. The number of rotatable bonds is 4. The zero-order chi connectivity index (χ0) is 14.8. The van der Waals surface area contributed by atoms with Crippen LogP contribution >= 0.6 is 0 Å². The summed E-state index contributed by atoms with van der Waals surface area (Å²) in [6.07, 6.45) is 7.95. The number of fused-ring (bicyclic) bond motifs is 1. The molecule has 22 heavy (non-hydrogen) atoms. The van der Waals surface area contributed by atoms with E-state index in [1.165, 1.54) is 22.0 Å².